The van der Waals surface area contributed by atoms with Gasteiger partial charge in [-0.1, -0.05) is 69.5 Å². The molecule has 0 amide bonds. The van der Waals surface area contributed by atoms with Gasteiger partial charge in [0, 0.05) is 54.9 Å². The Morgan fingerprint density at radius 1 is 1.17 bits per heavy atom. The largest absolute Gasteiger partial charge is 0.369 e. The smallest absolute Gasteiger partial charge is 0.150 e. The van der Waals surface area contributed by atoms with Crippen molar-refractivity contribution in [1.82, 2.24) is 9.80 Å². The normalized spacial score (nSPS) is 23.6. The van der Waals surface area contributed by atoms with Gasteiger partial charge in [0.25, 0.3) is 0 Å². The average molecular weight is 514 g/mol. The summed E-state index contributed by atoms with van der Waals surface area (Å²) in [6, 6.07) is 6.48. The van der Waals surface area contributed by atoms with Gasteiger partial charge >= 0.3 is 0 Å². The van der Waals surface area contributed by atoms with Crippen LogP contribution in [0.15, 0.2) is 42.5 Å². The number of likely N-dealkylation sites (tertiary alicyclic amines) is 1. The van der Waals surface area contributed by atoms with Crippen LogP contribution in [-0.2, 0) is 6.42 Å². The number of benzene rings is 1. The van der Waals surface area contributed by atoms with Crippen LogP contribution < -0.4 is 4.90 Å². The van der Waals surface area contributed by atoms with E-state index in [1.807, 2.05) is 6.07 Å². The molecule has 4 nitrogen and oxygen atoms in total. The second-order valence-electron chi connectivity index (χ2n) is 11.2. The Morgan fingerprint density at radius 3 is 2.61 bits per heavy atom. The van der Waals surface area contributed by atoms with Crippen LogP contribution in [0.5, 0.6) is 0 Å². The lowest BCUT2D eigenvalue weighted by molar-refractivity contribution is 0.112. The molecule has 1 aromatic carbocycles. The third-order valence-electron chi connectivity index (χ3n) is 8.25. The van der Waals surface area contributed by atoms with Crippen LogP contribution in [0.4, 0.5) is 5.69 Å². The van der Waals surface area contributed by atoms with Gasteiger partial charge in [-0.25, -0.2) is 0 Å². The lowest BCUT2D eigenvalue weighted by Crippen LogP contribution is -2.41. The van der Waals surface area contributed by atoms with Crippen molar-refractivity contribution in [3.05, 3.63) is 53.6 Å². The van der Waals surface area contributed by atoms with Crippen molar-refractivity contribution in [2.45, 2.75) is 65.3 Å². The molecule has 36 heavy (non-hydrogen) atoms. The van der Waals surface area contributed by atoms with Crippen LogP contribution in [0.3, 0.4) is 0 Å². The lowest BCUT2D eigenvalue weighted by atomic mass is 9.93. The molecule has 0 radical (unpaired) electrons. The lowest BCUT2D eigenvalue weighted by Gasteiger charge is -2.33. The molecule has 200 valence electrons. The Kier molecular flexibility index (Phi) is 12.0. The summed E-state index contributed by atoms with van der Waals surface area (Å²) >= 11 is 6.15. The van der Waals surface area contributed by atoms with Gasteiger partial charge < -0.3 is 9.80 Å². The number of carbonyl (C=O) groups excluding carboxylic acids is 1. The van der Waals surface area contributed by atoms with Crippen molar-refractivity contribution in [3.8, 4) is 0 Å². The summed E-state index contributed by atoms with van der Waals surface area (Å²) in [6.45, 7) is 18.7. The van der Waals surface area contributed by atoms with E-state index in [0.717, 1.165) is 50.4 Å². The summed E-state index contributed by atoms with van der Waals surface area (Å²) in [6.07, 6.45) is 12.5. The highest BCUT2D eigenvalue weighted by Gasteiger charge is 2.30. The predicted octanol–water partition coefficient (Wildman–Crippen LogP) is 6.65. The Morgan fingerprint density at radius 2 is 1.94 bits per heavy atom. The third kappa shape index (κ3) is 8.19. The van der Waals surface area contributed by atoms with Crippen LogP contribution in [0.25, 0.3) is 0 Å². The van der Waals surface area contributed by atoms with Crippen molar-refractivity contribution in [3.63, 3.8) is 0 Å². The van der Waals surface area contributed by atoms with E-state index in [-0.39, 0.29) is 12.0 Å². The first-order valence-electron chi connectivity index (χ1n) is 14.2. The number of rotatable bonds is 12. The van der Waals surface area contributed by atoms with Crippen LogP contribution in [0.2, 0.25) is 0 Å². The Hall–Kier alpha value is -1.62. The number of hydrogen-bond donors (Lipinski definition) is 0. The summed E-state index contributed by atoms with van der Waals surface area (Å²) in [5.41, 5.74) is 5.00. The molecule has 0 bridgehead atoms. The van der Waals surface area contributed by atoms with E-state index in [1.165, 1.54) is 63.0 Å². The molecule has 3 unspecified atom stereocenters. The Labute approximate surface area is 225 Å². The van der Waals surface area contributed by atoms with Crippen molar-refractivity contribution < 1.29 is 4.79 Å². The van der Waals surface area contributed by atoms with Crippen molar-refractivity contribution in [2.24, 2.45) is 17.8 Å². The fraction of sp³-hybridized carbons (Fsp3) is 0.645. The molecule has 5 heteroatoms. The van der Waals surface area contributed by atoms with Gasteiger partial charge in [0.15, 0.2) is 0 Å². The molecule has 0 spiro atoms. The summed E-state index contributed by atoms with van der Waals surface area (Å²) in [5.74, 6) is 1.76. The van der Waals surface area contributed by atoms with E-state index in [4.69, 9.17) is 11.6 Å². The number of halogens is 1. The van der Waals surface area contributed by atoms with E-state index < -0.39 is 0 Å². The number of hydrogen-bond acceptors (Lipinski definition) is 4. The standard InChI is InChI=1S/C31H48ClN3O/c1-5-8-26(4)21-29-10-9-27(24-36)22-31(29)35-20-19-34(30(11-14-32)28(6-2)23-35)16-7-15-33-17-12-25(3)13-18-33/h6,9-11,14,22,24-26,28,30H,2,5,7-8,12-13,15-21,23H2,1,3-4H3/b14-11+. The van der Waals surface area contributed by atoms with Gasteiger partial charge in [0.2, 0.25) is 0 Å². The maximum absolute atomic E-state index is 11.7. The Balaban J connectivity index is 1.76. The first-order chi connectivity index (χ1) is 17.5. The van der Waals surface area contributed by atoms with Gasteiger partial charge in [-0.3, -0.25) is 9.69 Å². The highest BCUT2D eigenvalue weighted by molar-refractivity contribution is 6.25. The van der Waals surface area contributed by atoms with Crippen LogP contribution in [0, 0.1) is 17.8 Å². The zero-order chi connectivity index (χ0) is 25.9. The van der Waals surface area contributed by atoms with Gasteiger partial charge in [-0.15, -0.1) is 6.58 Å². The monoisotopic (exact) mass is 513 g/mol. The quantitative estimate of drug-likeness (QED) is 0.231. The van der Waals surface area contributed by atoms with Crippen molar-refractivity contribution in [2.75, 3.05) is 50.7 Å². The van der Waals surface area contributed by atoms with Crippen LogP contribution in [0.1, 0.15) is 68.8 Å². The molecule has 2 aliphatic heterocycles. The van der Waals surface area contributed by atoms with Crippen LogP contribution >= 0.6 is 11.6 Å². The number of piperidine rings is 1. The molecule has 2 fully saturated rings. The number of nitrogens with zero attached hydrogens (tertiary/aromatic N) is 3. The molecule has 0 N–H and O–H groups in total. The second-order valence-corrected chi connectivity index (χ2v) is 11.4. The Bertz CT molecular complexity index is 848. The maximum Gasteiger partial charge on any atom is 0.150 e. The molecule has 2 heterocycles. The molecule has 0 saturated carbocycles. The minimum Gasteiger partial charge on any atom is -0.369 e. The number of anilines is 1. The summed E-state index contributed by atoms with van der Waals surface area (Å²) in [7, 11) is 0. The first-order valence-corrected chi connectivity index (χ1v) is 14.6. The summed E-state index contributed by atoms with van der Waals surface area (Å²) in [5, 5.41) is 0. The molecule has 0 aliphatic carbocycles. The number of carbonyl (C=O) groups is 1. The van der Waals surface area contributed by atoms with E-state index >= 15 is 0 Å². The fourth-order valence-electron chi connectivity index (χ4n) is 6.03. The van der Waals surface area contributed by atoms with Gasteiger partial charge in [0.1, 0.15) is 6.29 Å². The van der Waals surface area contributed by atoms with Gasteiger partial charge in [0.05, 0.1) is 0 Å². The summed E-state index contributed by atoms with van der Waals surface area (Å²) in [4.78, 5) is 19.4. The highest BCUT2D eigenvalue weighted by Crippen LogP contribution is 2.30. The zero-order valence-corrected chi connectivity index (χ0v) is 23.6. The third-order valence-corrected chi connectivity index (χ3v) is 8.40. The van der Waals surface area contributed by atoms with Crippen molar-refractivity contribution in [1.29, 1.82) is 0 Å². The molecule has 1 aromatic rings. The maximum atomic E-state index is 11.7. The summed E-state index contributed by atoms with van der Waals surface area (Å²) < 4.78 is 0. The van der Waals surface area contributed by atoms with E-state index in [1.54, 1.807) is 5.54 Å². The van der Waals surface area contributed by atoms with Crippen LogP contribution in [-0.4, -0.2) is 67.9 Å². The molecule has 0 aromatic heterocycles. The molecular formula is C31H48ClN3O. The molecule has 2 saturated heterocycles. The molecule has 3 atom stereocenters. The highest BCUT2D eigenvalue weighted by atomic mass is 35.5. The van der Waals surface area contributed by atoms with E-state index in [0.29, 0.717) is 5.92 Å². The predicted molar refractivity (Wildman–Crippen MR) is 155 cm³/mol. The van der Waals surface area contributed by atoms with Crippen molar-refractivity contribution >= 4 is 23.6 Å². The zero-order valence-electron chi connectivity index (χ0n) is 22.9. The topological polar surface area (TPSA) is 26.8 Å². The SMILES string of the molecule is C=CC1CN(c2cc(C=O)ccc2CC(C)CCC)CCN(CCCN2CCC(C)CC2)C1/C=C/Cl. The molecule has 2 aliphatic rings. The fourth-order valence-corrected chi connectivity index (χ4v) is 6.18. The van der Waals surface area contributed by atoms with E-state index in [9.17, 15) is 4.79 Å². The minimum absolute atomic E-state index is 0.239. The first kappa shape index (κ1) is 28.9. The molecule has 3 rings (SSSR count). The molecular weight excluding hydrogens is 466 g/mol. The van der Waals surface area contributed by atoms with E-state index in [2.05, 4.69) is 66.3 Å². The minimum atomic E-state index is 0.239. The van der Waals surface area contributed by atoms with Gasteiger partial charge in [-0.05, 0) is 68.8 Å². The second kappa shape index (κ2) is 15.0. The average Bonchev–Trinajstić information content (AvgIpc) is 3.05. The number of aldehydes is 1. The van der Waals surface area contributed by atoms with Gasteiger partial charge in [-0.2, -0.15) is 0 Å².